The van der Waals surface area contributed by atoms with Gasteiger partial charge in [-0.05, 0) is 18.6 Å². The number of sulfone groups is 1. The van der Waals surface area contributed by atoms with Gasteiger partial charge in [-0.2, -0.15) is 5.10 Å². The molecule has 1 aromatic heterocycles. The van der Waals surface area contributed by atoms with Gasteiger partial charge in [0.05, 0.1) is 23.2 Å². The third-order valence-corrected chi connectivity index (χ3v) is 7.78. The van der Waals surface area contributed by atoms with E-state index in [9.17, 15) is 18.0 Å². The van der Waals surface area contributed by atoms with Crippen molar-refractivity contribution >= 4 is 59.8 Å². The van der Waals surface area contributed by atoms with E-state index in [0.29, 0.717) is 11.6 Å². The third-order valence-electron chi connectivity index (χ3n) is 4.74. The lowest BCUT2D eigenvalue weighted by Gasteiger charge is -2.27. The largest absolute Gasteiger partial charge is 0.297 e. The predicted octanol–water partition coefficient (Wildman–Crippen LogP) is 2.68. The molecule has 1 aromatic carbocycles. The highest BCUT2D eigenvalue weighted by molar-refractivity contribution is 9.10. The molecule has 1 fully saturated rings. The maximum absolute atomic E-state index is 12.6. The van der Waals surface area contributed by atoms with Crippen molar-refractivity contribution < 1.29 is 18.0 Å². The number of aromatic nitrogens is 1. The average molecular weight is 497 g/mol. The lowest BCUT2D eigenvalue weighted by atomic mass is 10.1. The monoisotopic (exact) mass is 496 g/mol. The normalized spacial score (nSPS) is 21.1. The summed E-state index contributed by atoms with van der Waals surface area (Å²) in [6, 6.07) is 7.18. The smallest absolute Gasteiger partial charge is 0.273 e. The van der Waals surface area contributed by atoms with Gasteiger partial charge in [0.2, 0.25) is 5.91 Å². The van der Waals surface area contributed by atoms with Gasteiger partial charge in [0, 0.05) is 28.3 Å². The van der Waals surface area contributed by atoms with Crippen LogP contribution >= 0.6 is 27.3 Å². The van der Waals surface area contributed by atoms with Crippen LogP contribution in [0.4, 0.5) is 5.13 Å². The van der Waals surface area contributed by atoms with Crippen LogP contribution in [-0.2, 0) is 19.4 Å². The summed E-state index contributed by atoms with van der Waals surface area (Å²) in [6.45, 7) is 0. The van der Waals surface area contributed by atoms with Crippen molar-refractivity contribution in [2.45, 2.75) is 25.3 Å². The minimum Gasteiger partial charge on any atom is -0.297 e. The molecule has 1 unspecified atom stereocenters. The van der Waals surface area contributed by atoms with Gasteiger partial charge < -0.3 is 0 Å². The first-order valence-electron chi connectivity index (χ1n) is 8.93. The molecular weight excluding hydrogens is 480 g/mol. The highest BCUT2D eigenvalue weighted by atomic mass is 79.9. The van der Waals surface area contributed by atoms with Crippen LogP contribution in [0.2, 0.25) is 0 Å². The first kappa shape index (κ1) is 20.2. The molecule has 1 N–H and O–H groups in total. The van der Waals surface area contributed by atoms with Gasteiger partial charge in [0.1, 0.15) is 5.71 Å². The summed E-state index contributed by atoms with van der Waals surface area (Å²) in [4.78, 5) is 29.2. The number of nitrogens with one attached hydrogen (secondary N) is 1. The van der Waals surface area contributed by atoms with E-state index in [0.717, 1.165) is 15.7 Å². The van der Waals surface area contributed by atoms with Crippen LogP contribution in [0, 0.1) is 0 Å². The van der Waals surface area contributed by atoms with E-state index in [4.69, 9.17) is 0 Å². The Kier molecular flexibility index (Phi) is 5.54. The maximum Gasteiger partial charge on any atom is 0.273 e. The Bertz CT molecular complexity index is 1100. The Labute approximate surface area is 180 Å². The molecule has 2 aliphatic rings. The number of benzene rings is 1. The minimum atomic E-state index is -3.16. The van der Waals surface area contributed by atoms with Crippen LogP contribution in [0.5, 0.6) is 0 Å². The summed E-state index contributed by atoms with van der Waals surface area (Å²) in [5, 5.41) is 10.4. The second-order valence-corrected chi connectivity index (χ2v) is 10.8. The Morgan fingerprint density at radius 2 is 2.00 bits per heavy atom. The molecule has 0 bridgehead atoms. The number of halogens is 1. The van der Waals surface area contributed by atoms with Crippen LogP contribution in [0.15, 0.2) is 39.2 Å². The molecule has 11 heteroatoms. The maximum atomic E-state index is 12.6. The molecule has 0 radical (unpaired) electrons. The van der Waals surface area contributed by atoms with Gasteiger partial charge >= 0.3 is 0 Å². The zero-order chi connectivity index (χ0) is 20.6. The van der Waals surface area contributed by atoms with E-state index in [1.54, 1.807) is 0 Å². The van der Waals surface area contributed by atoms with Crippen molar-refractivity contribution in [2.75, 3.05) is 16.8 Å². The van der Waals surface area contributed by atoms with Crippen molar-refractivity contribution in [1.82, 2.24) is 9.99 Å². The molecule has 0 saturated carbocycles. The molecule has 1 saturated heterocycles. The Morgan fingerprint density at radius 3 is 2.69 bits per heavy atom. The first-order valence-corrected chi connectivity index (χ1v) is 12.4. The highest BCUT2D eigenvalue weighted by Gasteiger charge is 2.37. The summed E-state index contributed by atoms with van der Waals surface area (Å²) in [5.74, 6) is -0.758. The standard InChI is InChI=1S/C18H17BrN4O4S2/c19-12-3-1-11(2-4-12)15-9-28-18(20-15)21-17(25)14-5-6-16(24)23(22-14)13-7-8-29(26,27)10-13/h1-4,9,13H,5-8,10H2,(H,20,21,25). The lowest BCUT2D eigenvalue weighted by Crippen LogP contribution is -2.42. The number of amides is 2. The molecule has 2 aliphatic heterocycles. The number of nitrogens with zero attached hydrogens (tertiary/aromatic N) is 3. The zero-order valence-corrected chi connectivity index (χ0v) is 18.4. The Morgan fingerprint density at radius 1 is 1.24 bits per heavy atom. The molecule has 3 heterocycles. The van der Waals surface area contributed by atoms with Crippen molar-refractivity contribution in [1.29, 1.82) is 0 Å². The van der Waals surface area contributed by atoms with Crippen LogP contribution in [0.25, 0.3) is 11.3 Å². The SMILES string of the molecule is O=C(Nc1nc(-c2ccc(Br)cc2)cs1)C1=NN(C2CCS(=O)(=O)C2)C(=O)CC1. The van der Waals surface area contributed by atoms with Crippen LogP contribution in [-0.4, -0.2) is 53.5 Å². The summed E-state index contributed by atoms with van der Waals surface area (Å²) >= 11 is 4.69. The molecule has 2 amide bonds. The number of carbonyl (C=O) groups is 2. The van der Waals surface area contributed by atoms with E-state index in [-0.39, 0.29) is 36.0 Å². The fourth-order valence-electron chi connectivity index (χ4n) is 3.24. The lowest BCUT2D eigenvalue weighted by molar-refractivity contribution is -0.133. The quantitative estimate of drug-likeness (QED) is 0.699. The van der Waals surface area contributed by atoms with E-state index in [2.05, 4.69) is 31.3 Å². The molecule has 0 aliphatic carbocycles. The fourth-order valence-corrected chi connectivity index (χ4v) is 5.91. The van der Waals surface area contributed by atoms with Gasteiger partial charge in [-0.25, -0.2) is 18.4 Å². The second-order valence-electron chi connectivity index (χ2n) is 6.84. The van der Waals surface area contributed by atoms with E-state index in [1.807, 2.05) is 29.6 Å². The fraction of sp³-hybridized carbons (Fsp3) is 0.333. The van der Waals surface area contributed by atoms with Crippen LogP contribution in [0.3, 0.4) is 0 Å². The number of hydrogen-bond donors (Lipinski definition) is 1. The predicted molar refractivity (Wildman–Crippen MR) is 114 cm³/mol. The molecular formula is C18H17BrN4O4S2. The van der Waals surface area contributed by atoms with E-state index >= 15 is 0 Å². The molecule has 4 rings (SSSR count). The van der Waals surface area contributed by atoms with Crippen LogP contribution < -0.4 is 5.32 Å². The van der Waals surface area contributed by atoms with E-state index in [1.165, 1.54) is 16.3 Å². The molecule has 0 spiro atoms. The number of hydrazone groups is 1. The first-order chi connectivity index (χ1) is 13.8. The van der Waals surface area contributed by atoms with E-state index < -0.39 is 21.8 Å². The Hall–Kier alpha value is -2.11. The van der Waals surface area contributed by atoms with Crippen LogP contribution in [0.1, 0.15) is 19.3 Å². The molecule has 1 atom stereocenters. The molecule has 29 heavy (non-hydrogen) atoms. The number of anilines is 1. The molecule has 8 nitrogen and oxygen atoms in total. The Balaban J connectivity index is 1.47. The van der Waals surface area contributed by atoms with Crippen molar-refractivity contribution in [3.05, 3.63) is 34.1 Å². The van der Waals surface area contributed by atoms with Crippen molar-refractivity contribution in [3.8, 4) is 11.3 Å². The minimum absolute atomic E-state index is 0.0381. The van der Waals surface area contributed by atoms with Gasteiger partial charge in [-0.1, -0.05) is 28.1 Å². The molecule has 2 aromatic rings. The number of hydrogen-bond acceptors (Lipinski definition) is 7. The van der Waals surface area contributed by atoms with Gasteiger partial charge in [-0.3, -0.25) is 14.9 Å². The number of thiazole rings is 1. The number of rotatable bonds is 4. The summed E-state index contributed by atoms with van der Waals surface area (Å²) in [7, 11) is -3.16. The summed E-state index contributed by atoms with van der Waals surface area (Å²) in [5.41, 5.74) is 1.88. The van der Waals surface area contributed by atoms with Gasteiger partial charge in [0.15, 0.2) is 15.0 Å². The summed E-state index contributed by atoms with van der Waals surface area (Å²) in [6.07, 6.45) is 0.686. The topological polar surface area (TPSA) is 109 Å². The van der Waals surface area contributed by atoms with Crippen molar-refractivity contribution in [3.63, 3.8) is 0 Å². The van der Waals surface area contributed by atoms with Crippen molar-refractivity contribution in [2.24, 2.45) is 5.10 Å². The third kappa shape index (κ3) is 4.57. The number of carbonyl (C=O) groups excluding carboxylic acids is 2. The van der Waals surface area contributed by atoms with Gasteiger partial charge in [-0.15, -0.1) is 11.3 Å². The zero-order valence-electron chi connectivity index (χ0n) is 15.2. The second kappa shape index (κ2) is 7.96. The molecule has 152 valence electrons. The average Bonchev–Trinajstić information content (AvgIpc) is 3.29. The highest BCUT2D eigenvalue weighted by Crippen LogP contribution is 2.27. The van der Waals surface area contributed by atoms with Gasteiger partial charge in [0.25, 0.3) is 5.91 Å². The summed E-state index contributed by atoms with van der Waals surface area (Å²) < 4.78 is 24.4.